The quantitative estimate of drug-likeness (QED) is 0.774. The smallest absolute Gasteiger partial charge is 0.423 e. The molecule has 0 saturated carbocycles. The Kier molecular flexibility index (Phi) is 4.58. The second kappa shape index (κ2) is 6.25. The van der Waals surface area contributed by atoms with E-state index in [1.807, 2.05) is 19.9 Å². The van der Waals surface area contributed by atoms with Crippen molar-refractivity contribution < 1.29 is 14.5 Å². The minimum Gasteiger partial charge on any atom is -0.423 e. The SMILES string of the molecule is CC1(C)OB(O)c2cc(NC(=O)c3c(Cl)cc(Cl)cc3Cl)ccc21. The number of nitrogens with one attached hydrogen (secondary N) is 1. The molecule has 0 saturated heterocycles. The zero-order valence-corrected chi connectivity index (χ0v) is 15.1. The van der Waals surface area contributed by atoms with Gasteiger partial charge in [-0.15, -0.1) is 0 Å². The third-order valence-corrected chi connectivity index (χ3v) is 4.68. The monoisotopic (exact) mass is 383 g/mol. The molecule has 0 aliphatic carbocycles. The Bertz CT molecular complexity index is 818. The van der Waals surface area contributed by atoms with E-state index in [0.717, 1.165) is 5.56 Å². The lowest BCUT2D eigenvalue weighted by Gasteiger charge is -2.19. The van der Waals surface area contributed by atoms with Crippen molar-refractivity contribution in [3.63, 3.8) is 0 Å². The van der Waals surface area contributed by atoms with Gasteiger partial charge in [0.05, 0.1) is 21.2 Å². The van der Waals surface area contributed by atoms with Crippen molar-refractivity contribution in [3.05, 3.63) is 56.5 Å². The van der Waals surface area contributed by atoms with Crippen LogP contribution in [0, 0.1) is 0 Å². The summed E-state index contributed by atoms with van der Waals surface area (Å²) >= 11 is 18.0. The van der Waals surface area contributed by atoms with Gasteiger partial charge in [0, 0.05) is 10.7 Å². The van der Waals surface area contributed by atoms with Crippen LogP contribution in [0.15, 0.2) is 30.3 Å². The minimum atomic E-state index is -1.03. The van der Waals surface area contributed by atoms with Crippen LogP contribution in [0.25, 0.3) is 0 Å². The van der Waals surface area contributed by atoms with Gasteiger partial charge in [-0.2, -0.15) is 0 Å². The van der Waals surface area contributed by atoms with E-state index in [-0.39, 0.29) is 15.6 Å². The summed E-state index contributed by atoms with van der Waals surface area (Å²) in [4.78, 5) is 12.5. The van der Waals surface area contributed by atoms with Crippen LogP contribution in [0.4, 0.5) is 5.69 Å². The normalized spacial score (nSPS) is 15.3. The number of benzene rings is 2. The summed E-state index contributed by atoms with van der Waals surface area (Å²) in [5.41, 5.74) is 1.54. The molecule has 124 valence electrons. The van der Waals surface area contributed by atoms with Crippen molar-refractivity contribution >= 4 is 59.0 Å². The molecule has 1 amide bonds. The molecule has 0 aromatic heterocycles. The van der Waals surface area contributed by atoms with Crippen molar-refractivity contribution in [3.8, 4) is 0 Å². The highest BCUT2D eigenvalue weighted by atomic mass is 35.5. The Labute approximate surface area is 154 Å². The van der Waals surface area contributed by atoms with Crippen molar-refractivity contribution in [1.29, 1.82) is 0 Å². The second-order valence-electron chi connectivity index (χ2n) is 5.98. The molecular weight excluding hydrogens is 371 g/mol. The fraction of sp³-hybridized carbons (Fsp3) is 0.188. The van der Waals surface area contributed by atoms with Gasteiger partial charge in [0.25, 0.3) is 5.91 Å². The van der Waals surface area contributed by atoms with E-state index in [9.17, 15) is 9.82 Å². The van der Waals surface area contributed by atoms with Gasteiger partial charge in [0.15, 0.2) is 0 Å². The molecule has 0 radical (unpaired) electrons. The molecule has 2 aromatic rings. The molecule has 0 spiro atoms. The lowest BCUT2D eigenvalue weighted by atomic mass is 9.78. The van der Waals surface area contributed by atoms with Crippen LogP contribution in [0.5, 0.6) is 0 Å². The van der Waals surface area contributed by atoms with Gasteiger partial charge in [-0.1, -0.05) is 40.9 Å². The van der Waals surface area contributed by atoms with E-state index in [2.05, 4.69) is 5.32 Å². The molecule has 3 rings (SSSR count). The van der Waals surface area contributed by atoms with Crippen LogP contribution in [-0.4, -0.2) is 18.0 Å². The van der Waals surface area contributed by atoms with Gasteiger partial charge in [0.1, 0.15) is 0 Å². The molecule has 1 heterocycles. The number of hydrogen-bond acceptors (Lipinski definition) is 3. The number of halogens is 3. The summed E-state index contributed by atoms with van der Waals surface area (Å²) in [6.07, 6.45) is 0. The number of fused-ring (bicyclic) bond motifs is 1. The molecule has 0 atom stereocenters. The summed E-state index contributed by atoms with van der Waals surface area (Å²) in [7, 11) is -1.03. The predicted molar refractivity (Wildman–Crippen MR) is 97.6 cm³/mol. The number of rotatable bonds is 2. The molecule has 24 heavy (non-hydrogen) atoms. The molecule has 0 bridgehead atoms. The standard InChI is InChI=1S/C16H13BCl3NO3/c1-16(2)10-4-3-9(7-11(10)17(23)24-16)21-15(22)14-12(19)5-8(18)6-13(14)20/h3-7,23H,1-2H3,(H,21,22). The van der Waals surface area contributed by atoms with Gasteiger partial charge in [-0.25, -0.2) is 0 Å². The lowest BCUT2D eigenvalue weighted by molar-refractivity contribution is 0.101. The van der Waals surface area contributed by atoms with Crippen LogP contribution >= 0.6 is 34.8 Å². The largest absolute Gasteiger partial charge is 0.492 e. The molecule has 0 fully saturated rings. The third-order valence-electron chi connectivity index (χ3n) is 3.86. The lowest BCUT2D eigenvalue weighted by Crippen LogP contribution is -2.29. The summed E-state index contributed by atoms with van der Waals surface area (Å²) in [6.45, 7) is 3.74. The van der Waals surface area contributed by atoms with Gasteiger partial charge >= 0.3 is 7.12 Å². The fourth-order valence-corrected chi connectivity index (χ4v) is 3.74. The predicted octanol–water partition coefficient (Wildman–Crippen LogP) is 3.85. The summed E-state index contributed by atoms with van der Waals surface area (Å²) < 4.78 is 5.50. The maximum Gasteiger partial charge on any atom is 0.492 e. The van der Waals surface area contributed by atoms with E-state index in [1.54, 1.807) is 12.1 Å². The van der Waals surface area contributed by atoms with E-state index in [4.69, 9.17) is 39.5 Å². The molecule has 2 N–H and O–H groups in total. The number of amides is 1. The zero-order chi connectivity index (χ0) is 17.6. The number of carbonyl (C=O) groups is 1. The van der Waals surface area contributed by atoms with Gasteiger partial charge in [-0.05, 0) is 49.1 Å². The zero-order valence-electron chi connectivity index (χ0n) is 12.9. The average Bonchev–Trinajstić information content (AvgIpc) is 2.67. The average molecular weight is 384 g/mol. The van der Waals surface area contributed by atoms with Gasteiger partial charge in [0.2, 0.25) is 0 Å². The molecule has 0 unspecified atom stereocenters. The summed E-state index contributed by atoms with van der Waals surface area (Å²) in [5, 5.41) is 13.4. The van der Waals surface area contributed by atoms with Crippen LogP contribution < -0.4 is 10.8 Å². The van der Waals surface area contributed by atoms with Gasteiger partial charge in [-0.3, -0.25) is 4.79 Å². The first-order chi connectivity index (χ1) is 11.2. The Morgan fingerprint density at radius 1 is 1.17 bits per heavy atom. The molecule has 8 heteroatoms. The molecular formula is C16H13BCl3NO3. The molecule has 4 nitrogen and oxygen atoms in total. The van der Waals surface area contributed by atoms with Crippen molar-refractivity contribution in [1.82, 2.24) is 0 Å². The van der Waals surface area contributed by atoms with E-state index in [0.29, 0.717) is 16.2 Å². The van der Waals surface area contributed by atoms with Crippen molar-refractivity contribution in [2.24, 2.45) is 0 Å². The van der Waals surface area contributed by atoms with E-state index >= 15 is 0 Å². The topological polar surface area (TPSA) is 58.6 Å². The molecule has 2 aromatic carbocycles. The fourth-order valence-electron chi connectivity index (χ4n) is 2.75. The summed E-state index contributed by atoms with van der Waals surface area (Å²) in [6, 6.07) is 8.12. The Hall–Kier alpha value is -1.24. The third kappa shape index (κ3) is 3.15. The maximum absolute atomic E-state index is 12.5. The molecule has 1 aliphatic rings. The van der Waals surface area contributed by atoms with E-state index in [1.165, 1.54) is 12.1 Å². The highest BCUT2D eigenvalue weighted by Gasteiger charge is 2.40. The van der Waals surface area contributed by atoms with Crippen LogP contribution in [0.1, 0.15) is 29.8 Å². The second-order valence-corrected chi connectivity index (χ2v) is 7.23. The Balaban J connectivity index is 1.91. The van der Waals surface area contributed by atoms with Crippen molar-refractivity contribution in [2.75, 3.05) is 5.32 Å². The summed E-state index contributed by atoms with van der Waals surface area (Å²) in [5.74, 6) is -0.464. The highest BCUT2D eigenvalue weighted by Crippen LogP contribution is 2.32. The maximum atomic E-state index is 12.5. The van der Waals surface area contributed by atoms with Crippen LogP contribution in [-0.2, 0) is 10.3 Å². The first kappa shape index (κ1) is 17.6. The number of hydrogen-bond donors (Lipinski definition) is 2. The van der Waals surface area contributed by atoms with Crippen LogP contribution in [0.2, 0.25) is 15.1 Å². The van der Waals surface area contributed by atoms with E-state index < -0.39 is 18.6 Å². The van der Waals surface area contributed by atoms with Crippen molar-refractivity contribution in [2.45, 2.75) is 19.4 Å². The van der Waals surface area contributed by atoms with Crippen LogP contribution in [0.3, 0.4) is 0 Å². The minimum absolute atomic E-state index is 0.139. The molecule has 1 aliphatic heterocycles. The first-order valence-corrected chi connectivity index (χ1v) is 8.28. The van der Waals surface area contributed by atoms with Gasteiger partial charge < -0.3 is 15.0 Å². The number of anilines is 1. The Morgan fingerprint density at radius 3 is 2.42 bits per heavy atom. The highest BCUT2D eigenvalue weighted by molar-refractivity contribution is 6.62. The first-order valence-electron chi connectivity index (χ1n) is 7.15. The Morgan fingerprint density at radius 2 is 1.79 bits per heavy atom. The number of carbonyl (C=O) groups excluding carboxylic acids is 1.